The number of halogens is 1. The number of hydrogen-bond donors (Lipinski definition) is 2. The van der Waals surface area contributed by atoms with Crippen LogP contribution in [0.25, 0.3) is 0 Å². The fraction of sp³-hybridized carbons (Fsp3) is 0.650. The summed E-state index contributed by atoms with van der Waals surface area (Å²) in [6.45, 7) is 6.68. The molecule has 2 fully saturated rings. The van der Waals surface area contributed by atoms with Crippen molar-refractivity contribution < 1.29 is 4.74 Å². The van der Waals surface area contributed by atoms with E-state index < -0.39 is 0 Å². The van der Waals surface area contributed by atoms with Gasteiger partial charge in [0.15, 0.2) is 5.96 Å². The Morgan fingerprint density at radius 2 is 1.81 bits per heavy atom. The third kappa shape index (κ3) is 5.82. The molecule has 1 aliphatic heterocycles. The Hall–Kier alpha value is -0.860. The Kier molecular flexibility index (Phi) is 9.15. The van der Waals surface area contributed by atoms with E-state index in [9.17, 15) is 0 Å². The van der Waals surface area contributed by atoms with E-state index in [2.05, 4.69) is 50.9 Å². The summed E-state index contributed by atoms with van der Waals surface area (Å²) in [6.07, 6.45) is 5.16. The summed E-state index contributed by atoms with van der Waals surface area (Å²) in [6, 6.07) is 11.0. The van der Waals surface area contributed by atoms with Gasteiger partial charge in [-0.15, -0.1) is 24.0 Å². The van der Waals surface area contributed by atoms with Gasteiger partial charge in [-0.25, -0.2) is 0 Å². The maximum Gasteiger partial charge on any atom is 0.191 e. The third-order valence-corrected chi connectivity index (χ3v) is 5.59. The number of nitrogens with zero attached hydrogens (tertiary/aromatic N) is 2. The molecule has 0 atom stereocenters. The highest BCUT2D eigenvalue weighted by Gasteiger charge is 2.35. The van der Waals surface area contributed by atoms with E-state index in [0.717, 1.165) is 51.9 Å². The van der Waals surface area contributed by atoms with Crippen molar-refractivity contribution in [3.63, 3.8) is 0 Å². The summed E-state index contributed by atoms with van der Waals surface area (Å²) in [5, 5.41) is 7.05. The molecule has 0 aromatic heterocycles. The summed E-state index contributed by atoms with van der Waals surface area (Å²) in [5.41, 5.74) is 1.71. The van der Waals surface area contributed by atoms with Crippen LogP contribution >= 0.6 is 24.0 Å². The zero-order valence-corrected chi connectivity index (χ0v) is 18.2. The Morgan fingerprint density at radius 3 is 2.46 bits per heavy atom. The van der Waals surface area contributed by atoms with Crippen molar-refractivity contribution >= 4 is 29.9 Å². The van der Waals surface area contributed by atoms with E-state index in [1.165, 1.54) is 31.2 Å². The smallest absolute Gasteiger partial charge is 0.191 e. The molecule has 2 N–H and O–H groups in total. The zero-order valence-electron chi connectivity index (χ0n) is 15.9. The van der Waals surface area contributed by atoms with Crippen LogP contribution in [0, 0.1) is 0 Å². The van der Waals surface area contributed by atoms with Crippen LogP contribution < -0.4 is 10.6 Å². The Morgan fingerprint density at radius 1 is 1.12 bits per heavy atom. The predicted octanol–water partition coefficient (Wildman–Crippen LogP) is 2.61. The molecule has 26 heavy (non-hydrogen) atoms. The second-order valence-electron chi connectivity index (χ2n) is 7.16. The molecule has 0 unspecified atom stereocenters. The molecule has 0 bridgehead atoms. The van der Waals surface area contributed by atoms with E-state index in [0.29, 0.717) is 0 Å². The largest absolute Gasteiger partial charge is 0.379 e. The molecule has 1 saturated heterocycles. The van der Waals surface area contributed by atoms with Gasteiger partial charge in [0.2, 0.25) is 0 Å². The zero-order chi connectivity index (χ0) is 17.4. The molecule has 0 amide bonds. The summed E-state index contributed by atoms with van der Waals surface area (Å²) in [7, 11) is 1.86. The van der Waals surface area contributed by atoms with Crippen molar-refractivity contribution in [1.29, 1.82) is 0 Å². The molecule has 1 heterocycles. The normalized spacial score (nSPS) is 20.4. The number of guanidine groups is 1. The minimum Gasteiger partial charge on any atom is -0.379 e. The van der Waals surface area contributed by atoms with Gasteiger partial charge in [0.25, 0.3) is 0 Å². The van der Waals surface area contributed by atoms with Gasteiger partial charge < -0.3 is 15.4 Å². The summed E-state index contributed by atoms with van der Waals surface area (Å²) >= 11 is 0. The van der Waals surface area contributed by atoms with Crippen LogP contribution in [0.5, 0.6) is 0 Å². The standard InChI is InChI=1S/C20H32N4O.HI/c1-21-19(22-11-12-24-13-15-25-16-14-24)23-17-20(9-5-6-10-20)18-7-3-2-4-8-18;/h2-4,7-8H,5-6,9-17H2,1H3,(H2,21,22,23);1H. The van der Waals surface area contributed by atoms with Gasteiger partial charge in [0.1, 0.15) is 0 Å². The SMILES string of the molecule is CN=C(NCCN1CCOCC1)NCC1(c2ccccc2)CCCC1.I. The van der Waals surface area contributed by atoms with Gasteiger partial charge in [-0.1, -0.05) is 43.2 Å². The Bertz CT molecular complexity index is 540. The molecule has 1 aliphatic carbocycles. The van der Waals surface area contributed by atoms with Crippen LogP contribution in [0.15, 0.2) is 35.3 Å². The van der Waals surface area contributed by atoms with Gasteiger partial charge in [0.05, 0.1) is 13.2 Å². The van der Waals surface area contributed by atoms with Crippen molar-refractivity contribution in [2.45, 2.75) is 31.1 Å². The molecule has 0 spiro atoms. The first kappa shape index (κ1) is 21.4. The van der Waals surface area contributed by atoms with Crippen LogP contribution in [0.2, 0.25) is 0 Å². The summed E-state index contributed by atoms with van der Waals surface area (Å²) < 4.78 is 5.40. The lowest BCUT2D eigenvalue weighted by atomic mass is 9.79. The van der Waals surface area contributed by atoms with Crippen molar-refractivity contribution in [2.24, 2.45) is 4.99 Å². The predicted molar refractivity (Wildman–Crippen MR) is 119 cm³/mol. The van der Waals surface area contributed by atoms with E-state index in [4.69, 9.17) is 4.74 Å². The lowest BCUT2D eigenvalue weighted by molar-refractivity contribution is 0.0389. The third-order valence-electron chi connectivity index (χ3n) is 5.59. The maximum absolute atomic E-state index is 5.40. The van der Waals surface area contributed by atoms with Crippen molar-refractivity contribution in [3.05, 3.63) is 35.9 Å². The molecular weight excluding hydrogens is 439 g/mol. The number of nitrogens with one attached hydrogen (secondary N) is 2. The first-order valence-electron chi connectivity index (χ1n) is 9.63. The molecule has 3 rings (SSSR count). The topological polar surface area (TPSA) is 48.9 Å². The molecule has 0 radical (unpaired) electrons. The van der Waals surface area contributed by atoms with E-state index in [1.54, 1.807) is 0 Å². The minimum absolute atomic E-state index is 0. The molecule has 146 valence electrons. The minimum atomic E-state index is 0. The Labute approximate surface area is 175 Å². The number of benzene rings is 1. The van der Waals surface area contributed by atoms with Crippen molar-refractivity contribution in [3.8, 4) is 0 Å². The van der Waals surface area contributed by atoms with E-state index in [-0.39, 0.29) is 29.4 Å². The summed E-state index contributed by atoms with van der Waals surface area (Å²) in [5.74, 6) is 0.912. The second kappa shape index (κ2) is 11.1. The van der Waals surface area contributed by atoms with Crippen LogP contribution in [0.4, 0.5) is 0 Å². The molecule has 2 aliphatic rings. The number of morpholine rings is 1. The fourth-order valence-corrected chi connectivity index (χ4v) is 4.04. The van der Waals surface area contributed by atoms with Gasteiger partial charge >= 0.3 is 0 Å². The lowest BCUT2D eigenvalue weighted by Gasteiger charge is -2.31. The van der Waals surface area contributed by atoms with Crippen molar-refractivity contribution in [1.82, 2.24) is 15.5 Å². The summed E-state index contributed by atoms with van der Waals surface area (Å²) in [4.78, 5) is 6.84. The first-order valence-corrected chi connectivity index (χ1v) is 9.63. The van der Waals surface area contributed by atoms with Gasteiger partial charge in [-0.3, -0.25) is 9.89 Å². The highest BCUT2D eigenvalue weighted by molar-refractivity contribution is 14.0. The van der Waals surface area contributed by atoms with E-state index >= 15 is 0 Å². The number of rotatable bonds is 6. The number of ether oxygens (including phenoxy) is 1. The lowest BCUT2D eigenvalue weighted by Crippen LogP contribution is -2.47. The Balaban J connectivity index is 0.00000243. The van der Waals surface area contributed by atoms with Crippen LogP contribution in [0.1, 0.15) is 31.2 Å². The molecule has 1 aromatic rings. The quantitative estimate of drug-likeness (QED) is 0.380. The fourth-order valence-electron chi connectivity index (χ4n) is 4.04. The van der Waals surface area contributed by atoms with Gasteiger partial charge in [-0.2, -0.15) is 0 Å². The highest BCUT2D eigenvalue weighted by atomic mass is 127. The van der Waals surface area contributed by atoms with Gasteiger partial charge in [-0.05, 0) is 18.4 Å². The number of aliphatic imine (C=N–C) groups is 1. The molecular formula is C20H33IN4O. The molecule has 6 heteroatoms. The number of hydrogen-bond acceptors (Lipinski definition) is 3. The monoisotopic (exact) mass is 472 g/mol. The van der Waals surface area contributed by atoms with E-state index in [1.807, 2.05) is 7.05 Å². The maximum atomic E-state index is 5.40. The average molecular weight is 472 g/mol. The van der Waals surface area contributed by atoms with Crippen LogP contribution in [0.3, 0.4) is 0 Å². The molecule has 1 aromatic carbocycles. The molecule has 5 nitrogen and oxygen atoms in total. The first-order chi connectivity index (χ1) is 12.3. The van der Waals surface area contributed by atoms with Gasteiger partial charge in [0, 0.05) is 45.2 Å². The van der Waals surface area contributed by atoms with Crippen LogP contribution in [-0.2, 0) is 10.2 Å². The average Bonchev–Trinajstić information content (AvgIpc) is 3.16. The van der Waals surface area contributed by atoms with Crippen LogP contribution in [-0.4, -0.2) is 63.8 Å². The highest BCUT2D eigenvalue weighted by Crippen LogP contribution is 2.40. The molecule has 1 saturated carbocycles. The second-order valence-corrected chi connectivity index (χ2v) is 7.16. The van der Waals surface area contributed by atoms with Crippen molar-refractivity contribution in [2.75, 3.05) is 53.0 Å².